The highest BCUT2D eigenvalue weighted by Gasteiger charge is 2.15. The van der Waals surface area contributed by atoms with Crippen molar-refractivity contribution in [2.24, 2.45) is 0 Å². The number of carbonyl (C=O) groups is 1. The predicted octanol–water partition coefficient (Wildman–Crippen LogP) is 2.80. The number of anilines is 1. The van der Waals surface area contributed by atoms with E-state index in [1.807, 2.05) is 0 Å². The van der Waals surface area contributed by atoms with Gasteiger partial charge in [-0.05, 0) is 30.9 Å². The third-order valence-corrected chi connectivity index (χ3v) is 3.67. The van der Waals surface area contributed by atoms with Gasteiger partial charge in [-0.25, -0.2) is 0 Å². The zero-order chi connectivity index (χ0) is 9.97. The van der Waals surface area contributed by atoms with Crippen LogP contribution in [0.3, 0.4) is 0 Å². The van der Waals surface area contributed by atoms with Gasteiger partial charge in [-0.2, -0.15) is 0 Å². The molecule has 4 heteroatoms. The summed E-state index contributed by atoms with van der Waals surface area (Å²) in [7, 11) is 0. The number of carbonyl (C=O) groups excluding carboxylic acids is 1. The van der Waals surface area contributed by atoms with E-state index < -0.39 is 0 Å². The summed E-state index contributed by atoms with van der Waals surface area (Å²) in [6, 6.07) is 2.10. The van der Waals surface area contributed by atoms with Crippen LogP contribution in [0, 0.1) is 0 Å². The molecule has 0 aromatic carbocycles. The number of hydrogen-bond donors (Lipinski definition) is 1. The number of aryl methyl sites for hydroxylation is 2. The standard InChI is InChI=1S/C10H12ClNOS/c11-5-4-9(13)12-10-6-7-2-1-3-8(7)14-10/h6H,1-5H2,(H,12,13). The van der Waals surface area contributed by atoms with E-state index in [0.29, 0.717) is 12.3 Å². The van der Waals surface area contributed by atoms with Crippen LogP contribution in [0.15, 0.2) is 6.07 Å². The largest absolute Gasteiger partial charge is 0.318 e. The Bertz CT molecular complexity index is 326. The van der Waals surface area contributed by atoms with E-state index >= 15 is 0 Å². The average molecular weight is 230 g/mol. The molecule has 1 amide bonds. The van der Waals surface area contributed by atoms with Gasteiger partial charge in [-0.1, -0.05) is 0 Å². The monoisotopic (exact) mass is 229 g/mol. The van der Waals surface area contributed by atoms with E-state index in [2.05, 4.69) is 11.4 Å². The zero-order valence-corrected chi connectivity index (χ0v) is 9.38. The van der Waals surface area contributed by atoms with Gasteiger partial charge in [0.1, 0.15) is 0 Å². The molecule has 0 atom stereocenters. The minimum absolute atomic E-state index is 0.0138. The zero-order valence-electron chi connectivity index (χ0n) is 7.81. The highest BCUT2D eigenvalue weighted by atomic mass is 35.5. The minimum atomic E-state index is 0.0138. The molecule has 0 saturated heterocycles. The number of rotatable bonds is 3. The van der Waals surface area contributed by atoms with Crippen LogP contribution in [-0.2, 0) is 17.6 Å². The summed E-state index contributed by atoms with van der Waals surface area (Å²) >= 11 is 7.18. The number of thiophene rings is 1. The number of nitrogens with one attached hydrogen (secondary N) is 1. The van der Waals surface area contributed by atoms with Crippen molar-refractivity contribution in [3.63, 3.8) is 0 Å². The molecule has 0 spiro atoms. The summed E-state index contributed by atoms with van der Waals surface area (Å²) in [4.78, 5) is 12.7. The van der Waals surface area contributed by atoms with E-state index in [-0.39, 0.29) is 5.91 Å². The minimum Gasteiger partial charge on any atom is -0.318 e. The van der Waals surface area contributed by atoms with Crippen molar-refractivity contribution in [2.45, 2.75) is 25.7 Å². The van der Waals surface area contributed by atoms with Crippen LogP contribution in [0.1, 0.15) is 23.3 Å². The second-order valence-corrected chi connectivity index (χ2v) is 4.91. The van der Waals surface area contributed by atoms with Gasteiger partial charge in [-0.15, -0.1) is 22.9 Å². The fraction of sp³-hybridized carbons (Fsp3) is 0.500. The van der Waals surface area contributed by atoms with Gasteiger partial charge < -0.3 is 5.32 Å². The Hall–Kier alpha value is -0.540. The Labute approximate surface area is 92.3 Å². The molecular formula is C10H12ClNOS. The molecule has 76 valence electrons. The Kier molecular flexibility index (Phi) is 3.08. The van der Waals surface area contributed by atoms with Gasteiger partial charge >= 0.3 is 0 Å². The predicted molar refractivity (Wildman–Crippen MR) is 60.3 cm³/mol. The molecule has 0 aliphatic heterocycles. The highest BCUT2D eigenvalue weighted by Crippen LogP contribution is 2.33. The summed E-state index contributed by atoms with van der Waals surface area (Å²) in [5.74, 6) is 0.400. The molecule has 0 unspecified atom stereocenters. The quantitative estimate of drug-likeness (QED) is 0.794. The molecule has 14 heavy (non-hydrogen) atoms. The SMILES string of the molecule is O=C(CCCl)Nc1cc2c(s1)CCC2. The van der Waals surface area contributed by atoms with Crippen molar-refractivity contribution in [1.82, 2.24) is 0 Å². The van der Waals surface area contributed by atoms with Crippen LogP contribution in [-0.4, -0.2) is 11.8 Å². The summed E-state index contributed by atoms with van der Waals surface area (Å²) in [6.45, 7) is 0. The first-order chi connectivity index (χ1) is 6.79. The Morgan fingerprint density at radius 3 is 3.14 bits per heavy atom. The van der Waals surface area contributed by atoms with Crippen molar-refractivity contribution in [3.05, 3.63) is 16.5 Å². The molecule has 0 radical (unpaired) electrons. The molecule has 1 aliphatic rings. The molecule has 2 rings (SSSR count). The van der Waals surface area contributed by atoms with Gasteiger partial charge in [-0.3, -0.25) is 4.79 Å². The molecule has 1 heterocycles. The maximum Gasteiger partial charge on any atom is 0.226 e. The average Bonchev–Trinajstić information content (AvgIpc) is 2.63. The number of halogens is 1. The molecule has 1 aliphatic carbocycles. The lowest BCUT2D eigenvalue weighted by atomic mass is 10.3. The molecule has 0 bridgehead atoms. The molecule has 1 N–H and O–H groups in total. The van der Waals surface area contributed by atoms with Crippen LogP contribution in [0.5, 0.6) is 0 Å². The first-order valence-electron chi connectivity index (χ1n) is 4.77. The van der Waals surface area contributed by atoms with E-state index in [1.54, 1.807) is 11.3 Å². The molecular weight excluding hydrogens is 218 g/mol. The van der Waals surface area contributed by atoms with Gasteiger partial charge in [0.15, 0.2) is 0 Å². The van der Waals surface area contributed by atoms with Gasteiger partial charge in [0.25, 0.3) is 0 Å². The van der Waals surface area contributed by atoms with Gasteiger partial charge in [0.2, 0.25) is 5.91 Å². The van der Waals surface area contributed by atoms with E-state index in [9.17, 15) is 4.79 Å². The maximum absolute atomic E-state index is 11.3. The lowest BCUT2D eigenvalue weighted by Crippen LogP contribution is -2.10. The number of amides is 1. The Morgan fingerprint density at radius 1 is 1.57 bits per heavy atom. The van der Waals surface area contributed by atoms with Crippen LogP contribution < -0.4 is 5.32 Å². The second kappa shape index (κ2) is 4.32. The van der Waals surface area contributed by atoms with Crippen molar-refractivity contribution < 1.29 is 4.79 Å². The third-order valence-electron chi connectivity index (χ3n) is 2.33. The van der Waals surface area contributed by atoms with Crippen molar-refractivity contribution in [2.75, 3.05) is 11.2 Å². The van der Waals surface area contributed by atoms with E-state index in [4.69, 9.17) is 11.6 Å². The number of alkyl halides is 1. The molecule has 0 fully saturated rings. The van der Waals surface area contributed by atoms with Crippen LogP contribution in [0.2, 0.25) is 0 Å². The van der Waals surface area contributed by atoms with E-state index in [0.717, 1.165) is 11.4 Å². The van der Waals surface area contributed by atoms with Gasteiger partial charge in [0, 0.05) is 17.2 Å². The third kappa shape index (κ3) is 2.10. The van der Waals surface area contributed by atoms with Crippen LogP contribution >= 0.6 is 22.9 Å². The Balaban J connectivity index is 2.00. The van der Waals surface area contributed by atoms with E-state index in [1.165, 1.54) is 23.3 Å². The Morgan fingerprint density at radius 2 is 2.43 bits per heavy atom. The van der Waals surface area contributed by atoms with Crippen molar-refractivity contribution in [3.8, 4) is 0 Å². The van der Waals surface area contributed by atoms with Crippen molar-refractivity contribution >= 4 is 33.8 Å². The number of hydrogen-bond acceptors (Lipinski definition) is 2. The molecule has 2 nitrogen and oxygen atoms in total. The number of fused-ring (bicyclic) bond motifs is 1. The van der Waals surface area contributed by atoms with Gasteiger partial charge in [0.05, 0.1) is 5.00 Å². The molecule has 1 aromatic rings. The fourth-order valence-electron chi connectivity index (χ4n) is 1.68. The molecule has 1 aromatic heterocycles. The van der Waals surface area contributed by atoms with Crippen LogP contribution in [0.25, 0.3) is 0 Å². The second-order valence-electron chi connectivity index (χ2n) is 3.40. The van der Waals surface area contributed by atoms with Crippen molar-refractivity contribution in [1.29, 1.82) is 0 Å². The van der Waals surface area contributed by atoms with Crippen LogP contribution in [0.4, 0.5) is 5.00 Å². The lowest BCUT2D eigenvalue weighted by molar-refractivity contribution is -0.115. The fourth-order valence-corrected chi connectivity index (χ4v) is 3.02. The summed E-state index contributed by atoms with van der Waals surface area (Å²) in [6.07, 6.45) is 3.99. The lowest BCUT2D eigenvalue weighted by Gasteiger charge is -1.99. The maximum atomic E-state index is 11.3. The summed E-state index contributed by atoms with van der Waals surface area (Å²) in [5.41, 5.74) is 1.41. The topological polar surface area (TPSA) is 29.1 Å². The smallest absolute Gasteiger partial charge is 0.226 e. The molecule has 0 saturated carbocycles. The first kappa shape index (κ1) is 9.99. The summed E-state index contributed by atoms with van der Waals surface area (Å²) in [5, 5.41) is 3.84. The first-order valence-corrected chi connectivity index (χ1v) is 6.12. The highest BCUT2D eigenvalue weighted by molar-refractivity contribution is 7.16. The normalized spacial score (nSPS) is 14.1. The summed E-state index contributed by atoms with van der Waals surface area (Å²) < 4.78 is 0.